The lowest BCUT2D eigenvalue weighted by molar-refractivity contribution is 0.144. The van der Waals surface area contributed by atoms with Gasteiger partial charge in [-0.1, -0.05) is 13.8 Å². The third kappa shape index (κ3) is 5.57. The minimum Gasteiger partial charge on any atom is -0.493 e. The number of aromatic nitrogens is 5. The molecule has 0 bridgehead atoms. The van der Waals surface area contributed by atoms with Gasteiger partial charge in [-0.3, -0.25) is 0 Å². The van der Waals surface area contributed by atoms with Crippen LogP contribution in [0.1, 0.15) is 38.2 Å². The lowest BCUT2D eigenvalue weighted by Crippen LogP contribution is -2.38. The molecule has 37 heavy (non-hydrogen) atoms. The Labute approximate surface area is 216 Å². The van der Waals surface area contributed by atoms with Crippen LogP contribution in [0.25, 0.3) is 27.9 Å². The van der Waals surface area contributed by atoms with Crippen LogP contribution in [-0.2, 0) is 9.84 Å². The number of rotatable bonds is 9. The van der Waals surface area contributed by atoms with Crippen LogP contribution in [-0.4, -0.2) is 83.2 Å². The lowest BCUT2D eigenvalue weighted by Gasteiger charge is -2.31. The molecule has 0 radical (unpaired) electrons. The molecule has 1 fully saturated rings. The highest BCUT2D eigenvalue weighted by molar-refractivity contribution is 7.90. The molecule has 10 nitrogen and oxygen atoms in total. The molecule has 0 atom stereocenters. The van der Waals surface area contributed by atoms with Crippen molar-refractivity contribution in [2.45, 2.75) is 32.6 Å². The molecule has 11 heteroatoms. The summed E-state index contributed by atoms with van der Waals surface area (Å²) in [5, 5.41) is 4.30. The van der Waals surface area contributed by atoms with Crippen LogP contribution in [0.4, 0.5) is 0 Å². The zero-order chi connectivity index (χ0) is 26.2. The largest absolute Gasteiger partial charge is 0.493 e. The minimum atomic E-state index is -2.93. The number of hydrogen-bond acceptors (Lipinski definition) is 8. The summed E-state index contributed by atoms with van der Waals surface area (Å²) in [6.07, 6.45) is 6.73. The summed E-state index contributed by atoms with van der Waals surface area (Å²) < 4.78 is 36.3. The topological polar surface area (TPSA) is 115 Å². The number of nitrogens with zero attached hydrogens (tertiary/aromatic N) is 5. The maximum absolute atomic E-state index is 11.4. The van der Waals surface area contributed by atoms with E-state index in [-0.39, 0.29) is 11.7 Å². The highest BCUT2D eigenvalue weighted by Crippen LogP contribution is 2.37. The van der Waals surface area contributed by atoms with E-state index in [1.165, 1.54) is 12.6 Å². The van der Waals surface area contributed by atoms with Crippen molar-refractivity contribution in [2.75, 3.05) is 45.4 Å². The van der Waals surface area contributed by atoms with Crippen molar-refractivity contribution in [3.8, 4) is 22.9 Å². The standard InChI is InChI=1S/C26H34N6O4S/c1-17(2)23-24(19-13-21(35-3)26-27-16-28-32(26)14-19)29-20-5-6-22(30-25(20)23)36-15-18-7-9-31(10-8-18)11-12-37(4,33)34/h5-6,13-14,16-18,29H,7-12,15H2,1-4H3. The van der Waals surface area contributed by atoms with Crippen LogP contribution in [0, 0.1) is 5.92 Å². The Balaban J connectivity index is 1.33. The van der Waals surface area contributed by atoms with Crippen LogP contribution >= 0.6 is 0 Å². The highest BCUT2D eigenvalue weighted by Gasteiger charge is 2.22. The number of H-pyrrole nitrogens is 1. The highest BCUT2D eigenvalue weighted by atomic mass is 32.2. The number of fused-ring (bicyclic) bond motifs is 2. The number of likely N-dealkylation sites (tertiary alicyclic amines) is 1. The number of aromatic amines is 1. The van der Waals surface area contributed by atoms with Gasteiger partial charge >= 0.3 is 0 Å². The van der Waals surface area contributed by atoms with Gasteiger partial charge in [0.25, 0.3) is 0 Å². The van der Waals surface area contributed by atoms with Crippen molar-refractivity contribution in [3.05, 3.63) is 36.3 Å². The summed E-state index contributed by atoms with van der Waals surface area (Å²) in [6, 6.07) is 5.90. The van der Waals surface area contributed by atoms with Gasteiger partial charge in [-0.2, -0.15) is 5.10 Å². The van der Waals surface area contributed by atoms with Gasteiger partial charge in [0.1, 0.15) is 16.2 Å². The average Bonchev–Trinajstić information content (AvgIpc) is 3.50. The Morgan fingerprint density at radius 3 is 2.70 bits per heavy atom. The van der Waals surface area contributed by atoms with Crippen molar-refractivity contribution < 1.29 is 17.9 Å². The molecule has 0 saturated carbocycles. The van der Waals surface area contributed by atoms with E-state index in [2.05, 4.69) is 33.8 Å². The second-order valence-corrected chi connectivity index (χ2v) is 12.4. The van der Waals surface area contributed by atoms with Gasteiger partial charge in [0.05, 0.1) is 36.2 Å². The molecule has 0 aromatic carbocycles. The smallest absolute Gasteiger partial charge is 0.213 e. The number of sulfone groups is 1. The van der Waals surface area contributed by atoms with E-state index in [0.717, 1.165) is 53.8 Å². The third-order valence-corrected chi connectivity index (χ3v) is 7.96. The van der Waals surface area contributed by atoms with Gasteiger partial charge in [-0.15, -0.1) is 0 Å². The van der Waals surface area contributed by atoms with E-state index in [1.807, 2.05) is 24.4 Å². The van der Waals surface area contributed by atoms with Crippen molar-refractivity contribution in [3.63, 3.8) is 0 Å². The molecule has 1 saturated heterocycles. The van der Waals surface area contributed by atoms with E-state index in [4.69, 9.17) is 14.5 Å². The average molecular weight is 527 g/mol. The van der Waals surface area contributed by atoms with Crippen LogP contribution < -0.4 is 9.47 Å². The Morgan fingerprint density at radius 2 is 2.00 bits per heavy atom. The SMILES string of the molecule is COc1cc(-c2[nH]c3ccc(OCC4CCN(CCS(C)(=O)=O)CC4)nc3c2C(C)C)cn2ncnc12. The molecule has 198 valence electrons. The van der Waals surface area contributed by atoms with Gasteiger partial charge in [-0.25, -0.2) is 22.9 Å². The molecule has 4 aromatic heterocycles. The summed E-state index contributed by atoms with van der Waals surface area (Å²) in [4.78, 5) is 14.9. The van der Waals surface area contributed by atoms with Crippen molar-refractivity contribution in [2.24, 2.45) is 5.92 Å². The Kier molecular flexibility index (Phi) is 7.09. The first kappa shape index (κ1) is 25.5. The fourth-order valence-electron chi connectivity index (χ4n) is 5.00. The predicted octanol–water partition coefficient (Wildman–Crippen LogP) is 3.54. The first-order valence-corrected chi connectivity index (χ1v) is 14.7. The normalized spacial score (nSPS) is 15.7. The molecule has 5 heterocycles. The molecule has 4 aromatic rings. The number of hydrogen-bond donors (Lipinski definition) is 1. The number of ether oxygens (including phenoxy) is 2. The fraction of sp³-hybridized carbons (Fsp3) is 0.500. The van der Waals surface area contributed by atoms with Gasteiger partial charge in [-0.05, 0) is 49.9 Å². The van der Waals surface area contributed by atoms with Gasteiger partial charge in [0, 0.05) is 36.2 Å². The molecular formula is C26H34N6O4S. The number of pyridine rings is 2. The fourth-order valence-corrected chi connectivity index (χ4v) is 5.59. The number of nitrogens with one attached hydrogen (secondary N) is 1. The van der Waals surface area contributed by atoms with Crippen LogP contribution in [0.2, 0.25) is 0 Å². The first-order valence-electron chi connectivity index (χ1n) is 12.6. The molecule has 0 unspecified atom stereocenters. The summed E-state index contributed by atoms with van der Waals surface area (Å²) in [5.41, 5.74) is 5.55. The Morgan fingerprint density at radius 1 is 1.22 bits per heavy atom. The van der Waals surface area contributed by atoms with Crippen molar-refractivity contribution in [1.82, 2.24) is 29.5 Å². The zero-order valence-electron chi connectivity index (χ0n) is 21.8. The second-order valence-electron chi connectivity index (χ2n) is 10.2. The van der Waals surface area contributed by atoms with Crippen LogP contribution in [0.15, 0.2) is 30.7 Å². The maximum atomic E-state index is 11.4. The molecule has 5 rings (SSSR count). The maximum Gasteiger partial charge on any atom is 0.213 e. The number of methoxy groups -OCH3 is 1. The van der Waals surface area contributed by atoms with E-state index in [9.17, 15) is 8.42 Å². The molecule has 0 aliphatic carbocycles. The van der Waals surface area contributed by atoms with Crippen molar-refractivity contribution in [1.29, 1.82) is 0 Å². The molecule has 1 N–H and O–H groups in total. The molecule has 1 aliphatic heterocycles. The predicted molar refractivity (Wildman–Crippen MR) is 143 cm³/mol. The Bertz CT molecular complexity index is 1500. The van der Waals surface area contributed by atoms with E-state index >= 15 is 0 Å². The van der Waals surface area contributed by atoms with Gasteiger partial charge < -0.3 is 19.4 Å². The summed E-state index contributed by atoms with van der Waals surface area (Å²) in [5.74, 6) is 2.14. The summed E-state index contributed by atoms with van der Waals surface area (Å²) in [7, 11) is -1.30. The molecular weight excluding hydrogens is 492 g/mol. The van der Waals surface area contributed by atoms with E-state index in [1.54, 1.807) is 11.6 Å². The minimum absolute atomic E-state index is 0.217. The zero-order valence-corrected chi connectivity index (χ0v) is 22.6. The monoisotopic (exact) mass is 526 g/mol. The summed E-state index contributed by atoms with van der Waals surface area (Å²) >= 11 is 0. The molecule has 1 aliphatic rings. The summed E-state index contributed by atoms with van der Waals surface area (Å²) in [6.45, 7) is 7.32. The molecule has 0 amide bonds. The third-order valence-electron chi connectivity index (χ3n) is 7.03. The molecule has 0 spiro atoms. The van der Waals surface area contributed by atoms with E-state index in [0.29, 0.717) is 36.3 Å². The first-order chi connectivity index (χ1) is 17.7. The van der Waals surface area contributed by atoms with Gasteiger partial charge in [0.15, 0.2) is 11.4 Å². The second kappa shape index (κ2) is 10.3. The van der Waals surface area contributed by atoms with Crippen molar-refractivity contribution >= 4 is 26.5 Å². The van der Waals surface area contributed by atoms with Crippen LogP contribution in [0.5, 0.6) is 11.6 Å². The van der Waals surface area contributed by atoms with Crippen LogP contribution in [0.3, 0.4) is 0 Å². The Hall–Kier alpha value is -3.18. The van der Waals surface area contributed by atoms with E-state index < -0.39 is 9.84 Å². The lowest BCUT2D eigenvalue weighted by atomic mass is 9.98. The number of piperidine rings is 1. The van der Waals surface area contributed by atoms with Gasteiger partial charge in [0.2, 0.25) is 5.88 Å². The quantitative estimate of drug-likeness (QED) is 0.352.